The van der Waals surface area contributed by atoms with E-state index >= 15 is 0 Å². The van der Waals surface area contributed by atoms with Gasteiger partial charge in [0.05, 0.1) is 11.6 Å². The van der Waals surface area contributed by atoms with Crippen LogP contribution in [-0.2, 0) is 0 Å². The van der Waals surface area contributed by atoms with Gasteiger partial charge in [-0.25, -0.2) is 0 Å². The van der Waals surface area contributed by atoms with Crippen LogP contribution in [0.2, 0.25) is 0 Å². The second kappa shape index (κ2) is 5.49. The van der Waals surface area contributed by atoms with Crippen molar-refractivity contribution in [3.8, 4) is 0 Å². The predicted octanol–water partition coefficient (Wildman–Crippen LogP) is 3.16. The molecule has 114 valence electrons. The Morgan fingerprint density at radius 2 is 2.18 bits per heavy atom. The molecule has 2 unspecified atom stereocenters. The minimum atomic E-state index is -0.443. The van der Waals surface area contributed by atoms with E-state index in [0.29, 0.717) is 11.8 Å². The first-order chi connectivity index (χ1) is 10.8. The number of aliphatic hydroxyl groups excluding tert-OH is 1. The number of benzene rings is 1. The Bertz CT molecular complexity index is 693. The van der Waals surface area contributed by atoms with E-state index in [1.54, 1.807) is 0 Å². The molecule has 3 aliphatic heterocycles. The number of para-hydroxylation sites is 1. The average Bonchev–Trinajstić information content (AvgIpc) is 2.60. The Hall–Kier alpha value is -1.71. The third-order valence-electron chi connectivity index (χ3n) is 5.52. The molecule has 1 aromatic carbocycles. The lowest BCUT2D eigenvalue weighted by molar-refractivity contribution is -0.0444. The number of aliphatic hydroxyl groups is 1. The summed E-state index contributed by atoms with van der Waals surface area (Å²) in [5, 5.41) is 12.1. The molecule has 1 aromatic heterocycles. The van der Waals surface area contributed by atoms with Gasteiger partial charge in [-0.3, -0.25) is 9.88 Å². The normalized spacial score (nSPS) is 32.0. The summed E-state index contributed by atoms with van der Waals surface area (Å²) in [6.07, 6.45) is 5.76. The van der Waals surface area contributed by atoms with Crippen LogP contribution in [0.15, 0.2) is 49.2 Å². The molecule has 1 N–H and O–H groups in total. The lowest BCUT2D eigenvalue weighted by Gasteiger charge is -2.50. The number of hydrogen-bond donors (Lipinski definition) is 1. The highest BCUT2D eigenvalue weighted by atomic mass is 16.3. The van der Waals surface area contributed by atoms with Crippen molar-refractivity contribution in [2.45, 2.75) is 25.0 Å². The Kier molecular flexibility index (Phi) is 3.47. The standard InChI is InChI=1S/C19H22N2O/c1-2-13-12-21-10-8-14(13)11-18(21)19(22)16-7-9-20-17-6-4-3-5-15(16)17/h2-7,9,13-14,18-19,22H,1,8,10-12H2/t13-,14-,18-,19?/m0/s1. The van der Waals surface area contributed by atoms with Crippen LogP contribution in [0.25, 0.3) is 10.9 Å². The minimum Gasteiger partial charge on any atom is -0.387 e. The van der Waals surface area contributed by atoms with E-state index in [2.05, 4.69) is 28.6 Å². The number of rotatable bonds is 3. The van der Waals surface area contributed by atoms with E-state index in [9.17, 15) is 5.11 Å². The smallest absolute Gasteiger partial charge is 0.0952 e. The van der Waals surface area contributed by atoms with Crippen LogP contribution in [0.4, 0.5) is 0 Å². The zero-order valence-corrected chi connectivity index (χ0v) is 12.7. The van der Waals surface area contributed by atoms with Gasteiger partial charge in [0, 0.05) is 24.2 Å². The highest BCUT2D eigenvalue weighted by Gasteiger charge is 2.42. The largest absolute Gasteiger partial charge is 0.387 e. The van der Waals surface area contributed by atoms with Gasteiger partial charge in [0.1, 0.15) is 0 Å². The summed E-state index contributed by atoms with van der Waals surface area (Å²) >= 11 is 0. The van der Waals surface area contributed by atoms with E-state index in [1.807, 2.05) is 30.5 Å². The maximum absolute atomic E-state index is 11.0. The third-order valence-corrected chi connectivity index (χ3v) is 5.52. The molecule has 4 heterocycles. The van der Waals surface area contributed by atoms with Gasteiger partial charge in [-0.05, 0) is 48.9 Å². The van der Waals surface area contributed by atoms with Gasteiger partial charge >= 0.3 is 0 Å². The molecule has 5 rings (SSSR count). The molecule has 0 amide bonds. The third kappa shape index (κ3) is 2.16. The number of hydrogen-bond acceptors (Lipinski definition) is 3. The summed E-state index contributed by atoms with van der Waals surface area (Å²) < 4.78 is 0. The van der Waals surface area contributed by atoms with Crippen molar-refractivity contribution in [3.63, 3.8) is 0 Å². The highest BCUT2D eigenvalue weighted by Crippen LogP contribution is 2.41. The van der Waals surface area contributed by atoms with Crippen molar-refractivity contribution in [2.75, 3.05) is 13.1 Å². The molecule has 0 aliphatic carbocycles. The molecular weight excluding hydrogens is 272 g/mol. The van der Waals surface area contributed by atoms with E-state index < -0.39 is 6.10 Å². The average molecular weight is 294 g/mol. The molecular formula is C19H22N2O. The zero-order chi connectivity index (χ0) is 15.1. The van der Waals surface area contributed by atoms with Crippen molar-refractivity contribution in [3.05, 3.63) is 54.7 Å². The molecule has 3 nitrogen and oxygen atoms in total. The molecule has 3 saturated heterocycles. The molecule has 2 aromatic rings. The fourth-order valence-corrected chi connectivity index (χ4v) is 4.29. The minimum absolute atomic E-state index is 0.223. The van der Waals surface area contributed by atoms with Gasteiger partial charge in [-0.15, -0.1) is 6.58 Å². The summed E-state index contributed by atoms with van der Waals surface area (Å²) in [5.41, 5.74) is 1.97. The molecule has 0 radical (unpaired) electrons. The van der Waals surface area contributed by atoms with Gasteiger partial charge in [0.25, 0.3) is 0 Å². The fraction of sp³-hybridized carbons (Fsp3) is 0.421. The Morgan fingerprint density at radius 3 is 2.95 bits per heavy atom. The van der Waals surface area contributed by atoms with E-state index in [-0.39, 0.29) is 6.04 Å². The quantitative estimate of drug-likeness (QED) is 0.883. The summed E-state index contributed by atoms with van der Waals surface area (Å²) in [4.78, 5) is 6.86. The van der Waals surface area contributed by atoms with Crippen molar-refractivity contribution < 1.29 is 5.11 Å². The fourth-order valence-electron chi connectivity index (χ4n) is 4.29. The van der Waals surface area contributed by atoms with Crippen LogP contribution >= 0.6 is 0 Å². The van der Waals surface area contributed by atoms with E-state index in [4.69, 9.17) is 0 Å². The Morgan fingerprint density at radius 1 is 1.32 bits per heavy atom. The van der Waals surface area contributed by atoms with Gasteiger partial charge in [-0.1, -0.05) is 24.3 Å². The molecule has 5 atom stereocenters. The molecule has 2 bridgehead atoms. The van der Waals surface area contributed by atoms with Gasteiger partial charge in [0.15, 0.2) is 0 Å². The molecule has 3 aliphatic rings. The van der Waals surface area contributed by atoms with E-state index in [1.165, 1.54) is 6.42 Å². The maximum atomic E-state index is 11.0. The summed E-state index contributed by atoms with van der Waals surface area (Å²) in [7, 11) is 0. The maximum Gasteiger partial charge on any atom is 0.0952 e. The monoisotopic (exact) mass is 294 g/mol. The number of piperidine rings is 3. The summed E-state index contributed by atoms with van der Waals surface area (Å²) in [6.45, 7) is 6.11. The molecule has 0 spiro atoms. The van der Waals surface area contributed by atoms with Crippen LogP contribution in [0.3, 0.4) is 0 Å². The van der Waals surface area contributed by atoms with E-state index in [0.717, 1.165) is 36.0 Å². The molecule has 0 saturated carbocycles. The van der Waals surface area contributed by atoms with Gasteiger partial charge < -0.3 is 5.11 Å². The SMILES string of the molecule is C=C[C@H]1CN2CC[C@H]1C[C@H]2C(O)c1ccnc2ccccc12. The zero-order valence-electron chi connectivity index (χ0n) is 12.7. The Labute approximate surface area is 131 Å². The lowest BCUT2D eigenvalue weighted by atomic mass is 9.73. The Balaban J connectivity index is 1.67. The van der Waals surface area contributed by atoms with Crippen molar-refractivity contribution in [1.29, 1.82) is 0 Å². The first kappa shape index (κ1) is 13.9. The second-order valence-electron chi connectivity index (χ2n) is 6.61. The highest BCUT2D eigenvalue weighted by molar-refractivity contribution is 5.82. The first-order valence-corrected chi connectivity index (χ1v) is 8.16. The molecule has 3 fully saturated rings. The molecule has 3 heteroatoms. The van der Waals surface area contributed by atoms with Gasteiger partial charge in [-0.2, -0.15) is 0 Å². The lowest BCUT2D eigenvalue weighted by Crippen LogP contribution is -2.54. The van der Waals surface area contributed by atoms with Crippen molar-refractivity contribution >= 4 is 10.9 Å². The predicted molar refractivity (Wildman–Crippen MR) is 88.5 cm³/mol. The number of nitrogens with zero attached hydrogens (tertiary/aromatic N) is 2. The van der Waals surface area contributed by atoms with Crippen LogP contribution in [0.1, 0.15) is 24.5 Å². The summed E-state index contributed by atoms with van der Waals surface area (Å²) in [5.74, 6) is 1.27. The number of aromatic nitrogens is 1. The van der Waals surface area contributed by atoms with Crippen molar-refractivity contribution in [2.24, 2.45) is 11.8 Å². The van der Waals surface area contributed by atoms with Crippen LogP contribution in [0.5, 0.6) is 0 Å². The topological polar surface area (TPSA) is 36.4 Å². The summed E-state index contributed by atoms with van der Waals surface area (Å²) in [6, 6.07) is 10.3. The van der Waals surface area contributed by atoms with Gasteiger partial charge in [0.2, 0.25) is 0 Å². The van der Waals surface area contributed by atoms with Crippen molar-refractivity contribution in [1.82, 2.24) is 9.88 Å². The van der Waals surface area contributed by atoms with Crippen LogP contribution < -0.4 is 0 Å². The molecule has 22 heavy (non-hydrogen) atoms. The van der Waals surface area contributed by atoms with Crippen LogP contribution in [-0.4, -0.2) is 34.1 Å². The van der Waals surface area contributed by atoms with Crippen LogP contribution in [0, 0.1) is 11.8 Å². The number of pyridine rings is 1. The second-order valence-corrected chi connectivity index (χ2v) is 6.61. The first-order valence-electron chi connectivity index (χ1n) is 8.16. The number of fused-ring (bicyclic) bond motifs is 4.